The van der Waals surface area contributed by atoms with Crippen molar-refractivity contribution in [2.45, 2.75) is 19.3 Å². The Bertz CT molecular complexity index is 925. The summed E-state index contributed by atoms with van der Waals surface area (Å²) in [6.45, 7) is 2.02. The molecule has 32 heavy (non-hydrogen) atoms. The number of hydrogen-bond acceptors (Lipinski definition) is 7. The number of hydrogen-bond donors (Lipinski definition) is 1. The van der Waals surface area contributed by atoms with E-state index in [0.717, 1.165) is 25.9 Å². The molecule has 2 aromatic rings. The van der Waals surface area contributed by atoms with Crippen LogP contribution in [0.2, 0.25) is 0 Å². The van der Waals surface area contributed by atoms with Gasteiger partial charge in [0.15, 0.2) is 5.13 Å². The van der Waals surface area contributed by atoms with Crippen molar-refractivity contribution in [3.05, 3.63) is 40.9 Å². The molecule has 0 atom stereocenters. The van der Waals surface area contributed by atoms with Crippen LogP contribution in [0.15, 0.2) is 29.6 Å². The summed E-state index contributed by atoms with van der Waals surface area (Å²) < 4.78 is 10.2. The van der Waals surface area contributed by atoms with Crippen LogP contribution in [0.4, 0.5) is 5.13 Å². The van der Waals surface area contributed by atoms with E-state index in [1.54, 1.807) is 36.8 Å². The maximum atomic E-state index is 12.9. The number of aromatic nitrogens is 1. The van der Waals surface area contributed by atoms with E-state index in [9.17, 15) is 14.4 Å². The number of carbonyl (C=O) groups excluding carboxylic acids is 3. The quantitative estimate of drug-likeness (QED) is 0.582. The van der Waals surface area contributed by atoms with Crippen LogP contribution >= 0.6 is 11.3 Å². The SMILES string of the molecule is COCCN(CC(=O)Nc1nc(CC(=O)N2CCCC2)cs1)C(=O)c1ccc(OC)cc1. The molecular formula is C22H28N4O5S. The zero-order valence-electron chi connectivity index (χ0n) is 18.3. The lowest BCUT2D eigenvalue weighted by atomic mass is 10.2. The van der Waals surface area contributed by atoms with Crippen molar-refractivity contribution in [3.8, 4) is 5.75 Å². The summed E-state index contributed by atoms with van der Waals surface area (Å²) in [6.07, 6.45) is 2.31. The first-order chi connectivity index (χ1) is 15.5. The second-order valence-corrected chi connectivity index (χ2v) is 8.26. The summed E-state index contributed by atoms with van der Waals surface area (Å²) in [5, 5.41) is 4.90. The predicted molar refractivity (Wildman–Crippen MR) is 121 cm³/mol. The Balaban J connectivity index is 1.58. The van der Waals surface area contributed by atoms with Crippen molar-refractivity contribution < 1.29 is 23.9 Å². The van der Waals surface area contributed by atoms with Crippen LogP contribution in [0.25, 0.3) is 0 Å². The van der Waals surface area contributed by atoms with Crippen LogP contribution in [-0.4, -0.2) is 79.5 Å². The lowest BCUT2D eigenvalue weighted by molar-refractivity contribution is -0.129. The molecule has 1 aliphatic heterocycles. The number of carbonyl (C=O) groups is 3. The maximum Gasteiger partial charge on any atom is 0.254 e. The molecule has 1 aliphatic rings. The van der Waals surface area contributed by atoms with Crippen LogP contribution in [0.3, 0.4) is 0 Å². The molecule has 1 aromatic carbocycles. The summed E-state index contributed by atoms with van der Waals surface area (Å²) in [7, 11) is 3.09. The zero-order chi connectivity index (χ0) is 22.9. The highest BCUT2D eigenvalue weighted by molar-refractivity contribution is 7.13. The van der Waals surface area contributed by atoms with Crippen LogP contribution < -0.4 is 10.1 Å². The van der Waals surface area contributed by atoms with Crippen molar-refractivity contribution in [1.82, 2.24) is 14.8 Å². The van der Waals surface area contributed by atoms with Gasteiger partial charge in [0, 0.05) is 37.7 Å². The van der Waals surface area contributed by atoms with E-state index >= 15 is 0 Å². The average Bonchev–Trinajstić information content (AvgIpc) is 3.48. The lowest BCUT2D eigenvalue weighted by Gasteiger charge is -2.21. The predicted octanol–water partition coefficient (Wildman–Crippen LogP) is 2.04. The Kier molecular flexibility index (Phi) is 8.57. The highest BCUT2D eigenvalue weighted by atomic mass is 32.1. The van der Waals surface area contributed by atoms with E-state index in [0.29, 0.717) is 28.7 Å². The Labute approximate surface area is 191 Å². The third-order valence-corrected chi connectivity index (χ3v) is 5.92. The Hall–Kier alpha value is -2.98. The van der Waals surface area contributed by atoms with E-state index in [2.05, 4.69) is 10.3 Å². The standard InChI is InChI=1S/C22H28N4O5S/c1-30-12-11-26(21(29)16-5-7-18(31-2)8-6-16)14-19(27)24-22-23-17(15-32-22)13-20(28)25-9-3-4-10-25/h5-8,15H,3-4,9-14H2,1-2H3,(H,23,24,27). The van der Waals surface area contributed by atoms with Gasteiger partial charge in [-0.05, 0) is 37.1 Å². The third-order valence-electron chi connectivity index (χ3n) is 5.11. The summed E-state index contributed by atoms with van der Waals surface area (Å²) in [6, 6.07) is 6.71. The van der Waals surface area contributed by atoms with E-state index in [4.69, 9.17) is 9.47 Å². The van der Waals surface area contributed by atoms with Gasteiger partial charge < -0.3 is 24.6 Å². The zero-order valence-corrected chi connectivity index (χ0v) is 19.2. The van der Waals surface area contributed by atoms with Gasteiger partial charge in [0.25, 0.3) is 5.91 Å². The van der Waals surface area contributed by atoms with E-state index in [1.807, 2.05) is 4.90 Å². The molecule has 0 unspecified atom stereocenters. The molecule has 2 heterocycles. The van der Waals surface area contributed by atoms with Gasteiger partial charge in [-0.25, -0.2) is 4.98 Å². The molecule has 3 amide bonds. The average molecular weight is 461 g/mol. The number of likely N-dealkylation sites (tertiary alicyclic amines) is 1. The molecule has 1 aromatic heterocycles. The fourth-order valence-electron chi connectivity index (χ4n) is 3.38. The highest BCUT2D eigenvalue weighted by Crippen LogP contribution is 2.18. The summed E-state index contributed by atoms with van der Waals surface area (Å²) in [5.41, 5.74) is 1.08. The molecule has 0 radical (unpaired) electrons. The van der Waals surface area contributed by atoms with Gasteiger partial charge in [-0.1, -0.05) is 0 Å². The molecule has 9 nitrogen and oxygen atoms in total. The number of ether oxygens (including phenoxy) is 2. The van der Waals surface area contributed by atoms with Gasteiger partial charge in [0.2, 0.25) is 11.8 Å². The van der Waals surface area contributed by atoms with Crippen molar-refractivity contribution in [3.63, 3.8) is 0 Å². The number of anilines is 1. The smallest absolute Gasteiger partial charge is 0.254 e. The van der Waals surface area contributed by atoms with E-state index in [1.165, 1.54) is 23.3 Å². The Morgan fingerprint density at radius 1 is 1.16 bits per heavy atom. The van der Waals surface area contributed by atoms with Gasteiger partial charge in [-0.2, -0.15) is 0 Å². The van der Waals surface area contributed by atoms with Crippen molar-refractivity contribution in [2.24, 2.45) is 0 Å². The largest absolute Gasteiger partial charge is 0.497 e. The van der Waals surface area contributed by atoms with Gasteiger partial charge in [-0.3, -0.25) is 14.4 Å². The van der Waals surface area contributed by atoms with Gasteiger partial charge in [0.1, 0.15) is 12.3 Å². The first-order valence-corrected chi connectivity index (χ1v) is 11.3. The van der Waals surface area contributed by atoms with Gasteiger partial charge in [0.05, 0.1) is 25.8 Å². The van der Waals surface area contributed by atoms with Gasteiger partial charge in [-0.15, -0.1) is 11.3 Å². The molecular weight excluding hydrogens is 432 g/mol. The molecule has 1 fully saturated rings. The number of nitrogens with zero attached hydrogens (tertiary/aromatic N) is 3. The molecule has 1 saturated heterocycles. The molecule has 10 heteroatoms. The first kappa shape index (κ1) is 23.7. The van der Waals surface area contributed by atoms with E-state index in [-0.39, 0.29) is 37.2 Å². The Morgan fingerprint density at radius 2 is 1.88 bits per heavy atom. The first-order valence-electron chi connectivity index (χ1n) is 10.4. The number of nitrogens with one attached hydrogen (secondary N) is 1. The second kappa shape index (κ2) is 11.6. The maximum absolute atomic E-state index is 12.9. The summed E-state index contributed by atoms with van der Waals surface area (Å²) in [5.74, 6) is 0.0534. The van der Waals surface area contributed by atoms with Gasteiger partial charge >= 0.3 is 0 Å². The second-order valence-electron chi connectivity index (χ2n) is 7.40. The van der Waals surface area contributed by atoms with Crippen molar-refractivity contribution in [2.75, 3.05) is 52.3 Å². The molecule has 0 spiro atoms. The number of thiazole rings is 1. The minimum atomic E-state index is -0.366. The number of rotatable bonds is 10. The normalized spacial score (nSPS) is 13.1. The fourth-order valence-corrected chi connectivity index (χ4v) is 4.11. The summed E-state index contributed by atoms with van der Waals surface area (Å²) >= 11 is 1.26. The Morgan fingerprint density at radius 3 is 2.53 bits per heavy atom. The van der Waals surface area contributed by atoms with Crippen LogP contribution in [-0.2, 0) is 20.7 Å². The van der Waals surface area contributed by atoms with Crippen LogP contribution in [0.1, 0.15) is 28.9 Å². The lowest BCUT2D eigenvalue weighted by Crippen LogP contribution is -2.40. The molecule has 0 saturated carbocycles. The number of amides is 3. The van der Waals surface area contributed by atoms with Crippen LogP contribution in [0, 0.1) is 0 Å². The highest BCUT2D eigenvalue weighted by Gasteiger charge is 2.21. The third kappa shape index (κ3) is 6.51. The molecule has 172 valence electrons. The number of methoxy groups -OCH3 is 2. The molecule has 0 bridgehead atoms. The fraction of sp³-hybridized carbons (Fsp3) is 0.455. The molecule has 1 N–H and O–H groups in total. The number of benzene rings is 1. The minimum absolute atomic E-state index is 0.0569. The van der Waals surface area contributed by atoms with Crippen molar-refractivity contribution >= 4 is 34.2 Å². The topological polar surface area (TPSA) is 101 Å². The van der Waals surface area contributed by atoms with E-state index < -0.39 is 0 Å². The molecule has 0 aliphatic carbocycles. The van der Waals surface area contributed by atoms with Crippen molar-refractivity contribution in [1.29, 1.82) is 0 Å². The summed E-state index contributed by atoms with van der Waals surface area (Å²) in [4.78, 5) is 45.4. The minimum Gasteiger partial charge on any atom is -0.497 e. The monoisotopic (exact) mass is 460 g/mol. The van der Waals surface area contributed by atoms with Crippen LogP contribution in [0.5, 0.6) is 5.75 Å². The molecule has 3 rings (SSSR count).